The zero-order chi connectivity index (χ0) is 21.4. The fraction of sp³-hybridized carbons (Fsp3) is 0. The molecule has 1 heterocycles. The Morgan fingerprint density at radius 1 is 0.774 bits per heavy atom. The van der Waals surface area contributed by atoms with Gasteiger partial charge < -0.3 is 9.73 Å². The first-order valence-electron chi connectivity index (χ1n) is 9.72. The van der Waals surface area contributed by atoms with Crippen molar-refractivity contribution < 1.29 is 9.21 Å². The molecule has 0 radical (unpaired) electrons. The van der Waals surface area contributed by atoms with Gasteiger partial charge >= 0.3 is 5.63 Å². The molecule has 0 bridgehead atoms. The molecule has 4 aromatic carbocycles. The van der Waals surface area contributed by atoms with Crippen molar-refractivity contribution in [2.24, 2.45) is 0 Å². The van der Waals surface area contributed by atoms with E-state index in [9.17, 15) is 9.59 Å². The Bertz CT molecular complexity index is 1520. The van der Waals surface area contributed by atoms with Gasteiger partial charge in [-0.25, -0.2) is 4.79 Å². The molecule has 5 heteroatoms. The van der Waals surface area contributed by atoms with Gasteiger partial charge in [0.15, 0.2) is 0 Å². The Morgan fingerprint density at radius 2 is 1.52 bits per heavy atom. The predicted octanol–water partition coefficient (Wildman–Crippen LogP) is 6.52. The van der Waals surface area contributed by atoms with Gasteiger partial charge in [-0.2, -0.15) is 0 Å². The maximum atomic E-state index is 12.9. The van der Waals surface area contributed by atoms with Crippen LogP contribution < -0.4 is 10.9 Å². The van der Waals surface area contributed by atoms with Gasteiger partial charge in [-0.1, -0.05) is 72.3 Å². The monoisotopic (exact) mass is 425 g/mol. The molecule has 0 spiro atoms. The lowest BCUT2D eigenvalue weighted by Gasteiger charge is -2.10. The molecule has 5 aromatic rings. The Morgan fingerprint density at radius 3 is 2.35 bits per heavy atom. The predicted molar refractivity (Wildman–Crippen MR) is 125 cm³/mol. The summed E-state index contributed by atoms with van der Waals surface area (Å²) in [5.74, 6) is -0.231. The van der Waals surface area contributed by atoms with E-state index in [1.165, 1.54) is 0 Å². The summed E-state index contributed by atoms with van der Waals surface area (Å²) in [4.78, 5) is 25.3. The molecule has 31 heavy (non-hydrogen) atoms. The number of anilines is 1. The molecule has 0 aliphatic heterocycles. The highest BCUT2D eigenvalue weighted by atomic mass is 35.5. The van der Waals surface area contributed by atoms with E-state index in [2.05, 4.69) is 5.32 Å². The number of fused-ring (bicyclic) bond motifs is 2. The molecule has 5 rings (SSSR count). The SMILES string of the molecule is O=C(Nc1ccc(-c2cc3ccccc3oc2=O)c(Cl)c1)c1cccc2ccccc12. The third kappa shape index (κ3) is 3.58. The lowest BCUT2D eigenvalue weighted by atomic mass is 10.0. The van der Waals surface area contributed by atoms with Gasteiger partial charge in [0.1, 0.15) is 5.58 Å². The number of carbonyl (C=O) groups excluding carboxylic acids is 1. The number of amides is 1. The molecule has 1 aromatic heterocycles. The third-order valence-electron chi connectivity index (χ3n) is 5.19. The van der Waals surface area contributed by atoms with Crippen molar-refractivity contribution in [1.29, 1.82) is 0 Å². The van der Waals surface area contributed by atoms with Crippen molar-refractivity contribution in [1.82, 2.24) is 0 Å². The maximum Gasteiger partial charge on any atom is 0.344 e. The first-order chi connectivity index (χ1) is 15.1. The van der Waals surface area contributed by atoms with Crippen LogP contribution in [0.5, 0.6) is 0 Å². The summed E-state index contributed by atoms with van der Waals surface area (Å²) in [6, 6.07) is 27.4. The summed E-state index contributed by atoms with van der Waals surface area (Å²) in [7, 11) is 0. The fourth-order valence-electron chi connectivity index (χ4n) is 3.68. The molecule has 0 unspecified atom stereocenters. The van der Waals surface area contributed by atoms with Crippen molar-refractivity contribution in [2.45, 2.75) is 0 Å². The Labute approximate surface area is 182 Å². The largest absolute Gasteiger partial charge is 0.422 e. The van der Waals surface area contributed by atoms with Gasteiger partial charge in [-0.05, 0) is 41.1 Å². The van der Waals surface area contributed by atoms with E-state index in [1.54, 1.807) is 36.4 Å². The number of para-hydroxylation sites is 1. The molecular formula is C26H16ClNO3. The standard InChI is InChI=1S/C26H16ClNO3/c27-23-15-18(28-25(29)21-10-5-8-16-6-1-3-9-19(16)21)12-13-20(23)22-14-17-7-2-4-11-24(17)31-26(22)30/h1-15H,(H,28,29). The van der Waals surface area contributed by atoms with Gasteiger partial charge in [-0.15, -0.1) is 0 Å². The average Bonchev–Trinajstić information content (AvgIpc) is 2.78. The number of hydrogen-bond acceptors (Lipinski definition) is 3. The highest BCUT2D eigenvalue weighted by molar-refractivity contribution is 6.33. The number of benzene rings is 4. The normalized spacial score (nSPS) is 11.0. The third-order valence-corrected chi connectivity index (χ3v) is 5.51. The molecule has 0 aliphatic rings. The van der Waals surface area contributed by atoms with E-state index in [-0.39, 0.29) is 5.91 Å². The zero-order valence-corrected chi connectivity index (χ0v) is 17.0. The molecule has 0 fully saturated rings. The lowest BCUT2D eigenvalue weighted by molar-refractivity contribution is 0.102. The Kier molecular flexibility index (Phi) is 4.77. The van der Waals surface area contributed by atoms with Crippen LogP contribution in [0.2, 0.25) is 5.02 Å². The number of nitrogens with one attached hydrogen (secondary N) is 1. The van der Waals surface area contributed by atoms with Crippen molar-refractivity contribution in [3.63, 3.8) is 0 Å². The van der Waals surface area contributed by atoms with Gasteiger partial charge in [0.2, 0.25) is 0 Å². The summed E-state index contributed by atoms with van der Waals surface area (Å²) in [6.45, 7) is 0. The lowest BCUT2D eigenvalue weighted by Crippen LogP contribution is -2.12. The van der Waals surface area contributed by atoms with E-state index < -0.39 is 5.63 Å². The van der Waals surface area contributed by atoms with Crippen LogP contribution in [0.4, 0.5) is 5.69 Å². The topological polar surface area (TPSA) is 59.3 Å². The first-order valence-corrected chi connectivity index (χ1v) is 10.1. The van der Waals surface area contributed by atoms with Gasteiger partial charge in [0.05, 0.1) is 10.6 Å². The minimum atomic E-state index is -0.465. The maximum absolute atomic E-state index is 12.9. The number of hydrogen-bond donors (Lipinski definition) is 1. The first kappa shape index (κ1) is 19.1. The molecule has 1 amide bonds. The molecular weight excluding hydrogens is 410 g/mol. The number of carbonyl (C=O) groups is 1. The van der Waals surface area contributed by atoms with Crippen molar-refractivity contribution >= 4 is 44.9 Å². The molecule has 0 aliphatic carbocycles. The number of halogens is 1. The van der Waals surface area contributed by atoms with Crippen molar-refractivity contribution in [2.75, 3.05) is 5.32 Å². The molecule has 0 saturated heterocycles. The van der Waals surface area contributed by atoms with Gasteiger partial charge in [0, 0.05) is 22.2 Å². The number of rotatable bonds is 3. The summed E-state index contributed by atoms with van der Waals surface area (Å²) in [6.07, 6.45) is 0. The van der Waals surface area contributed by atoms with Crippen molar-refractivity contribution in [3.05, 3.63) is 112 Å². The fourth-order valence-corrected chi connectivity index (χ4v) is 3.97. The molecule has 0 atom stereocenters. The van der Waals surface area contributed by atoms with Crippen molar-refractivity contribution in [3.8, 4) is 11.1 Å². The summed E-state index contributed by atoms with van der Waals surface area (Å²) < 4.78 is 5.41. The van der Waals surface area contributed by atoms with E-state index in [0.29, 0.717) is 33.0 Å². The van der Waals surface area contributed by atoms with Gasteiger partial charge in [-0.3, -0.25) is 4.79 Å². The second-order valence-electron chi connectivity index (χ2n) is 7.16. The highest BCUT2D eigenvalue weighted by Crippen LogP contribution is 2.30. The smallest absolute Gasteiger partial charge is 0.344 e. The summed E-state index contributed by atoms with van der Waals surface area (Å²) in [5.41, 5.74) is 2.09. The minimum absolute atomic E-state index is 0.231. The Hall–Kier alpha value is -3.89. The van der Waals surface area contributed by atoms with Crippen LogP contribution >= 0.6 is 11.6 Å². The van der Waals surface area contributed by atoms with Crippen LogP contribution in [0.1, 0.15) is 10.4 Å². The average molecular weight is 426 g/mol. The Balaban J connectivity index is 1.48. The second kappa shape index (κ2) is 7.74. The molecule has 0 saturated carbocycles. The molecule has 1 N–H and O–H groups in total. The van der Waals surface area contributed by atoms with E-state index in [0.717, 1.165) is 16.2 Å². The van der Waals surface area contributed by atoms with Crippen LogP contribution in [-0.2, 0) is 0 Å². The van der Waals surface area contributed by atoms with Crippen LogP contribution in [0.3, 0.4) is 0 Å². The van der Waals surface area contributed by atoms with Crippen LogP contribution in [0.25, 0.3) is 32.9 Å². The second-order valence-corrected chi connectivity index (χ2v) is 7.57. The van der Waals surface area contributed by atoms with Gasteiger partial charge in [0.25, 0.3) is 5.91 Å². The quantitative estimate of drug-likeness (QED) is 0.335. The van der Waals surface area contributed by atoms with Crippen LogP contribution in [-0.4, -0.2) is 5.91 Å². The van der Waals surface area contributed by atoms with E-state index >= 15 is 0 Å². The summed E-state index contributed by atoms with van der Waals surface area (Å²) in [5, 5.41) is 5.91. The molecule has 4 nitrogen and oxygen atoms in total. The summed E-state index contributed by atoms with van der Waals surface area (Å²) >= 11 is 6.48. The van der Waals surface area contributed by atoms with E-state index in [4.69, 9.17) is 16.0 Å². The van der Waals surface area contributed by atoms with E-state index in [1.807, 2.05) is 54.6 Å². The van der Waals surface area contributed by atoms with Crippen LogP contribution in [0.15, 0.2) is 100 Å². The zero-order valence-electron chi connectivity index (χ0n) is 16.3. The van der Waals surface area contributed by atoms with Crippen LogP contribution in [0, 0.1) is 0 Å². The minimum Gasteiger partial charge on any atom is -0.422 e. The molecule has 150 valence electrons. The highest BCUT2D eigenvalue weighted by Gasteiger charge is 2.14.